The molecule has 0 spiro atoms. The topological polar surface area (TPSA) is 110 Å². The molecule has 0 saturated carbocycles. The number of carboxylic acids is 1. The van der Waals surface area contributed by atoms with E-state index in [0.29, 0.717) is 24.8 Å². The Kier molecular flexibility index (Phi) is 9.91. The molecule has 0 heterocycles. The van der Waals surface area contributed by atoms with Gasteiger partial charge in [-0.05, 0) is 67.7 Å². The molecule has 0 aliphatic heterocycles. The number of carbonyl (C=O) groups is 3. The van der Waals surface area contributed by atoms with E-state index in [0.717, 1.165) is 36.8 Å². The molecule has 164 valence electrons. The number of benzene rings is 1. The molecule has 1 aliphatic rings. The predicted octanol–water partition coefficient (Wildman–Crippen LogP) is 4.65. The van der Waals surface area contributed by atoms with Crippen LogP contribution in [0.25, 0.3) is 0 Å². The van der Waals surface area contributed by atoms with Gasteiger partial charge in [0.15, 0.2) is 0 Å². The Morgan fingerprint density at radius 2 is 1.87 bits per heavy atom. The van der Waals surface area contributed by atoms with Crippen molar-refractivity contribution >= 4 is 18.1 Å². The van der Waals surface area contributed by atoms with Gasteiger partial charge in [-0.15, -0.1) is 0 Å². The Balaban J connectivity index is 2.03. The molecular formula is C23H30O7. The first kappa shape index (κ1) is 23.4. The normalized spacial score (nSPS) is 17.4. The number of carboxylic acid groups (broad SMARTS) is 2. The van der Waals surface area contributed by atoms with Crippen molar-refractivity contribution in [3.8, 4) is 0 Å². The predicted molar refractivity (Wildman–Crippen MR) is 110 cm³/mol. The Morgan fingerprint density at radius 3 is 2.63 bits per heavy atom. The summed E-state index contributed by atoms with van der Waals surface area (Å²) in [5.74, 6) is -1.14. The first-order valence-corrected chi connectivity index (χ1v) is 10.5. The number of carbonyl (C=O) groups excluding carboxylic acids is 1. The molecule has 0 bridgehead atoms. The molecule has 0 amide bonds. The van der Waals surface area contributed by atoms with Crippen molar-refractivity contribution in [2.24, 2.45) is 0 Å². The van der Waals surface area contributed by atoms with Gasteiger partial charge >= 0.3 is 18.1 Å². The van der Waals surface area contributed by atoms with Gasteiger partial charge < -0.3 is 19.7 Å². The number of hydrogen-bond acceptors (Lipinski definition) is 5. The van der Waals surface area contributed by atoms with Gasteiger partial charge in [-0.3, -0.25) is 9.59 Å². The SMILES string of the molecule is O=C(O)CCCCc1cc(COC(=O)O)ccc1CC(=O)OC1/C=C/CCCCC1. The van der Waals surface area contributed by atoms with Gasteiger partial charge in [0.25, 0.3) is 0 Å². The molecule has 1 aliphatic carbocycles. The molecule has 1 atom stereocenters. The van der Waals surface area contributed by atoms with Crippen molar-refractivity contribution in [2.45, 2.75) is 76.9 Å². The van der Waals surface area contributed by atoms with Gasteiger partial charge in [-0.25, -0.2) is 4.79 Å². The van der Waals surface area contributed by atoms with E-state index in [1.54, 1.807) is 12.1 Å². The van der Waals surface area contributed by atoms with Crippen molar-refractivity contribution in [3.63, 3.8) is 0 Å². The number of unbranched alkanes of at least 4 members (excludes halogenated alkanes) is 1. The van der Waals surface area contributed by atoms with Crippen molar-refractivity contribution in [2.75, 3.05) is 0 Å². The number of esters is 1. The Hall–Kier alpha value is -2.83. The van der Waals surface area contributed by atoms with Gasteiger partial charge in [-0.1, -0.05) is 30.7 Å². The third-order valence-electron chi connectivity index (χ3n) is 5.05. The minimum absolute atomic E-state index is 0.0744. The highest BCUT2D eigenvalue weighted by Crippen LogP contribution is 2.19. The fourth-order valence-corrected chi connectivity index (χ4v) is 3.50. The van der Waals surface area contributed by atoms with Crippen LogP contribution in [0.2, 0.25) is 0 Å². The summed E-state index contributed by atoms with van der Waals surface area (Å²) in [7, 11) is 0. The molecule has 1 aromatic rings. The van der Waals surface area contributed by atoms with Crippen LogP contribution in [0.1, 0.15) is 68.1 Å². The molecule has 0 saturated heterocycles. The van der Waals surface area contributed by atoms with Crippen LogP contribution in [-0.4, -0.2) is 34.4 Å². The Morgan fingerprint density at radius 1 is 1.03 bits per heavy atom. The van der Waals surface area contributed by atoms with Crippen molar-refractivity contribution in [1.82, 2.24) is 0 Å². The molecule has 7 heteroatoms. The lowest BCUT2D eigenvalue weighted by Gasteiger charge is -2.17. The highest BCUT2D eigenvalue weighted by atomic mass is 16.7. The van der Waals surface area contributed by atoms with E-state index in [1.807, 2.05) is 12.1 Å². The lowest BCUT2D eigenvalue weighted by atomic mass is 9.96. The van der Waals surface area contributed by atoms with Crippen molar-refractivity contribution in [1.29, 1.82) is 0 Å². The zero-order chi connectivity index (χ0) is 21.8. The number of ether oxygens (including phenoxy) is 2. The second-order valence-electron chi connectivity index (χ2n) is 7.53. The maximum Gasteiger partial charge on any atom is 0.506 e. The summed E-state index contributed by atoms with van der Waals surface area (Å²) in [6, 6.07) is 5.35. The van der Waals surface area contributed by atoms with E-state index in [4.69, 9.17) is 14.9 Å². The summed E-state index contributed by atoms with van der Waals surface area (Å²) in [5.41, 5.74) is 2.38. The highest BCUT2D eigenvalue weighted by molar-refractivity contribution is 5.73. The molecule has 2 rings (SSSR count). The summed E-state index contributed by atoms with van der Waals surface area (Å²) >= 11 is 0. The number of aryl methyl sites for hydroxylation is 1. The molecule has 1 aromatic carbocycles. The lowest BCUT2D eigenvalue weighted by Crippen LogP contribution is -2.19. The summed E-state index contributed by atoms with van der Waals surface area (Å²) in [5, 5.41) is 17.5. The monoisotopic (exact) mass is 418 g/mol. The third-order valence-corrected chi connectivity index (χ3v) is 5.05. The van der Waals surface area contributed by atoms with Crippen LogP contribution >= 0.6 is 0 Å². The number of hydrogen-bond donors (Lipinski definition) is 2. The van der Waals surface area contributed by atoms with Crippen molar-refractivity contribution in [3.05, 3.63) is 47.0 Å². The Bertz CT molecular complexity index is 754. The van der Waals surface area contributed by atoms with E-state index in [-0.39, 0.29) is 31.5 Å². The molecule has 0 aromatic heterocycles. The molecular weight excluding hydrogens is 388 g/mol. The minimum Gasteiger partial charge on any atom is -0.481 e. The van der Waals surface area contributed by atoms with E-state index in [2.05, 4.69) is 10.8 Å². The van der Waals surface area contributed by atoms with Gasteiger partial charge in [0.05, 0.1) is 6.42 Å². The third kappa shape index (κ3) is 9.11. The number of aliphatic carboxylic acids is 1. The fraction of sp³-hybridized carbons (Fsp3) is 0.522. The second-order valence-corrected chi connectivity index (χ2v) is 7.53. The van der Waals surface area contributed by atoms with E-state index < -0.39 is 12.1 Å². The second kappa shape index (κ2) is 12.7. The van der Waals surface area contributed by atoms with Gasteiger partial charge in [-0.2, -0.15) is 0 Å². The van der Waals surface area contributed by atoms with E-state index >= 15 is 0 Å². The van der Waals surface area contributed by atoms with Crippen LogP contribution in [0, 0.1) is 0 Å². The van der Waals surface area contributed by atoms with Gasteiger partial charge in [0, 0.05) is 6.42 Å². The number of rotatable bonds is 10. The average Bonchev–Trinajstić information content (AvgIpc) is 2.67. The van der Waals surface area contributed by atoms with Crippen LogP contribution < -0.4 is 0 Å². The minimum atomic E-state index is -1.35. The molecule has 2 N–H and O–H groups in total. The highest BCUT2D eigenvalue weighted by Gasteiger charge is 2.16. The van der Waals surface area contributed by atoms with Crippen LogP contribution in [0.15, 0.2) is 30.4 Å². The van der Waals surface area contributed by atoms with Gasteiger partial charge in [0.2, 0.25) is 0 Å². The first-order chi connectivity index (χ1) is 14.4. The van der Waals surface area contributed by atoms with Gasteiger partial charge in [0.1, 0.15) is 12.7 Å². The quantitative estimate of drug-likeness (QED) is 0.323. The maximum absolute atomic E-state index is 12.5. The molecule has 0 radical (unpaired) electrons. The van der Waals surface area contributed by atoms with Crippen LogP contribution in [0.5, 0.6) is 0 Å². The summed E-state index contributed by atoms with van der Waals surface area (Å²) < 4.78 is 10.3. The lowest BCUT2D eigenvalue weighted by molar-refractivity contribution is -0.146. The molecule has 1 unspecified atom stereocenters. The molecule has 30 heavy (non-hydrogen) atoms. The Labute approximate surface area is 176 Å². The fourth-order valence-electron chi connectivity index (χ4n) is 3.50. The van der Waals surface area contributed by atoms with Crippen LogP contribution in [0.3, 0.4) is 0 Å². The maximum atomic E-state index is 12.5. The van der Waals surface area contributed by atoms with Crippen LogP contribution in [0.4, 0.5) is 4.79 Å². The van der Waals surface area contributed by atoms with E-state index in [9.17, 15) is 14.4 Å². The summed E-state index contributed by atoms with van der Waals surface area (Å²) in [4.78, 5) is 33.9. The molecule has 7 nitrogen and oxygen atoms in total. The zero-order valence-corrected chi connectivity index (χ0v) is 17.2. The average molecular weight is 418 g/mol. The standard InChI is InChI=1S/C23H30O7/c24-21(25)11-7-6-8-18-14-17(16-29-23(27)28)12-13-19(18)15-22(26)30-20-9-4-2-1-3-5-10-20/h4,9,12-14,20H,1-3,5-8,10-11,15-16H2,(H,24,25)(H,27,28)/b9-4+. The van der Waals surface area contributed by atoms with E-state index in [1.165, 1.54) is 6.42 Å². The zero-order valence-electron chi connectivity index (χ0n) is 17.2. The first-order valence-electron chi connectivity index (χ1n) is 10.5. The smallest absolute Gasteiger partial charge is 0.481 e. The largest absolute Gasteiger partial charge is 0.506 e. The summed E-state index contributed by atoms with van der Waals surface area (Å²) in [6.07, 6.45) is 9.67. The number of allylic oxidation sites excluding steroid dienone is 1. The van der Waals surface area contributed by atoms with Crippen LogP contribution in [-0.2, 0) is 38.5 Å². The summed E-state index contributed by atoms with van der Waals surface area (Å²) in [6.45, 7) is -0.0744. The molecule has 0 fully saturated rings. The van der Waals surface area contributed by atoms with Crippen molar-refractivity contribution < 1.29 is 34.1 Å².